The molecule has 8 rings (SSSR count). The second kappa shape index (κ2) is 13.2. The zero-order chi connectivity index (χ0) is 33.2. The molecule has 0 aliphatic carbocycles. The first-order valence-electron chi connectivity index (χ1n) is 16.2. The number of rotatable bonds is 8. The molecule has 1 aromatic heterocycles. The van der Waals surface area contributed by atoms with Gasteiger partial charge in [0.05, 0.1) is 20.8 Å². The summed E-state index contributed by atoms with van der Waals surface area (Å²) >= 11 is 0. The fourth-order valence-electron chi connectivity index (χ4n) is 6.40. The Balaban J connectivity index is 1.00. The van der Waals surface area contributed by atoms with Crippen LogP contribution in [0.25, 0.3) is 39.6 Å². The molecule has 0 unspecified atom stereocenters. The predicted octanol–water partition coefficient (Wildman–Crippen LogP) is 9.55. The molecule has 0 aliphatic rings. The third-order valence-corrected chi connectivity index (χ3v) is 13.1. The molecule has 236 valence electrons. The Morgan fingerprint density at radius 3 is 1.29 bits per heavy atom. The van der Waals surface area contributed by atoms with Gasteiger partial charge >= 0.3 is 0 Å². The van der Waals surface area contributed by atoms with Gasteiger partial charge in [-0.3, -0.25) is 0 Å². The Kier molecular flexibility index (Phi) is 8.27. The van der Waals surface area contributed by atoms with Crippen molar-refractivity contribution in [3.8, 4) is 5.69 Å². The number of sulfone groups is 1. The van der Waals surface area contributed by atoms with Crippen LogP contribution in [0.1, 0.15) is 11.1 Å². The van der Waals surface area contributed by atoms with Gasteiger partial charge in [-0.2, -0.15) is 0 Å². The van der Waals surface area contributed by atoms with Crippen LogP contribution in [0.2, 0.25) is 0 Å². The van der Waals surface area contributed by atoms with Crippen molar-refractivity contribution in [2.24, 2.45) is 0 Å². The molecule has 0 bridgehead atoms. The number of hydrogen-bond donors (Lipinski definition) is 0. The lowest BCUT2D eigenvalue weighted by molar-refractivity contribution is 0.596. The van der Waals surface area contributed by atoms with Crippen LogP contribution in [0.3, 0.4) is 0 Å². The molecular weight excluding hydrogens is 638 g/mol. The third kappa shape index (κ3) is 6.02. The van der Waals surface area contributed by atoms with Gasteiger partial charge in [0.1, 0.15) is 0 Å². The van der Waals surface area contributed by atoms with Crippen molar-refractivity contribution in [1.82, 2.24) is 4.57 Å². The highest BCUT2D eigenvalue weighted by Crippen LogP contribution is 2.34. The van der Waals surface area contributed by atoms with E-state index in [0.29, 0.717) is 0 Å². The van der Waals surface area contributed by atoms with Crippen LogP contribution in [0.4, 0.5) is 0 Å². The molecule has 3 nitrogen and oxygen atoms in total. The Morgan fingerprint density at radius 1 is 0.408 bits per heavy atom. The van der Waals surface area contributed by atoms with Crippen molar-refractivity contribution < 1.29 is 8.42 Å². The van der Waals surface area contributed by atoms with Crippen LogP contribution in [0.5, 0.6) is 0 Å². The summed E-state index contributed by atoms with van der Waals surface area (Å²) in [5, 5.41) is 6.27. The fraction of sp³-hybridized carbons (Fsp3) is 0. The van der Waals surface area contributed by atoms with Crippen molar-refractivity contribution in [2.45, 2.75) is 9.79 Å². The molecule has 0 N–H and O–H groups in total. The van der Waals surface area contributed by atoms with Gasteiger partial charge in [0.2, 0.25) is 9.84 Å². The second-order valence-electron chi connectivity index (χ2n) is 11.9. The summed E-state index contributed by atoms with van der Waals surface area (Å²) in [7, 11) is -4.34. The van der Waals surface area contributed by atoms with Crippen molar-refractivity contribution in [2.75, 3.05) is 0 Å². The second-order valence-corrected chi connectivity index (χ2v) is 16.0. The summed E-state index contributed by atoms with van der Waals surface area (Å²) in [4.78, 5) is 0.542. The zero-order valence-corrected chi connectivity index (χ0v) is 28.3. The van der Waals surface area contributed by atoms with Gasteiger partial charge in [-0.25, -0.2) is 8.42 Å². The van der Waals surface area contributed by atoms with Crippen LogP contribution in [0, 0.1) is 0 Å². The highest BCUT2D eigenvalue weighted by Gasteiger charge is 2.19. The summed E-state index contributed by atoms with van der Waals surface area (Å²) in [6.45, 7) is 0. The van der Waals surface area contributed by atoms with E-state index in [9.17, 15) is 8.42 Å². The molecular formula is C44H32NO2PS. The van der Waals surface area contributed by atoms with E-state index in [-0.39, 0.29) is 9.79 Å². The van der Waals surface area contributed by atoms with Crippen molar-refractivity contribution >= 4 is 67.6 Å². The number of benzene rings is 7. The first-order valence-corrected chi connectivity index (χ1v) is 19.0. The van der Waals surface area contributed by atoms with Crippen molar-refractivity contribution in [1.29, 1.82) is 0 Å². The fourth-order valence-corrected chi connectivity index (χ4v) is 9.94. The number of hydrogen-bond acceptors (Lipinski definition) is 2. The van der Waals surface area contributed by atoms with Gasteiger partial charge in [0, 0.05) is 16.5 Å². The van der Waals surface area contributed by atoms with Crippen molar-refractivity contribution in [3.63, 3.8) is 0 Å². The van der Waals surface area contributed by atoms with Crippen LogP contribution in [-0.4, -0.2) is 13.0 Å². The Bertz CT molecular complexity index is 2430. The summed E-state index contributed by atoms with van der Waals surface area (Å²) in [5.41, 5.74) is 5.11. The van der Waals surface area contributed by atoms with E-state index in [2.05, 4.69) is 120 Å². The van der Waals surface area contributed by atoms with Crippen LogP contribution < -0.4 is 15.9 Å². The molecule has 7 aromatic carbocycles. The van der Waals surface area contributed by atoms with E-state index in [0.717, 1.165) is 27.8 Å². The molecule has 49 heavy (non-hydrogen) atoms. The van der Waals surface area contributed by atoms with Gasteiger partial charge in [-0.05, 0) is 83.5 Å². The maximum absolute atomic E-state index is 13.6. The van der Waals surface area contributed by atoms with Gasteiger partial charge < -0.3 is 4.57 Å². The van der Waals surface area contributed by atoms with E-state index >= 15 is 0 Å². The Labute approximate surface area is 288 Å². The lowest BCUT2D eigenvalue weighted by atomic mass is 10.1. The molecule has 8 aromatic rings. The van der Waals surface area contributed by atoms with Gasteiger partial charge in [-0.1, -0.05) is 146 Å². The Hall–Kier alpha value is -5.54. The number of aromatic nitrogens is 1. The smallest absolute Gasteiger partial charge is 0.206 e. The van der Waals surface area contributed by atoms with Crippen LogP contribution in [0.15, 0.2) is 192 Å². The van der Waals surface area contributed by atoms with E-state index in [1.165, 1.54) is 26.7 Å². The Morgan fingerprint density at radius 2 is 0.796 bits per heavy atom. The summed E-state index contributed by atoms with van der Waals surface area (Å²) in [5.74, 6) is 0. The monoisotopic (exact) mass is 669 g/mol. The van der Waals surface area contributed by atoms with Crippen LogP contribution in [-0.2, 0) is 9.84 Å². The number of fused-ring (bicyclic) bond motifs is 3. The predicted molar refractivity (Wildman–Crippen MR) is 207 cm³/mol. The molecule has 0 saturated carbocycles. The van der Waals surface area contributed by atoms with E-state index in [1.54, 1.807) is 24.3 Å². The molecule has 0 spiro atoms. The maximum atomic E-state index is 13.6. The van der Waals surface area contributed by atoms with Crippen molar-refractivity contribution in [3.05, 3.63) is 193 Å². The molecule has 0 amide bonds. The van der Waals surface area contributed by atoms with Gasteiger partial charge in [0.25, 0.3) is 0 Å². The lowest BCUT2D eigenvalue weighted by Crippen LogP contribution is -2.20. The van der Waals surface area contributed by atoms with Crippen LogP contribution >= 0.6 is 7.92 Å². The standard InChI is InChI=1S/C44H32NO2PS/c46-49(47,40-31-25-35(26-32-40)45-43-17-9-7-15-41(43)42-16-8-10-18-44(42)45)39-29-23-34(24-30-39)20-19-33-21-27-38(28-22-33)48(36-11-3-1-4-12-36)37-13-5-2-6-14-37/h1-32H/b20-19+. The molecule has 5 heteroatoms. The van der Waals surface area contributed by atoms with Gasteiger partial charge in [0.15, 0.2) is 0 Å². The maximum Gasteiger partial charge on any atom is 0.206 e. The molecule has 0 saturated heterocycles. The minimum absolute atomic E-state index is 0.270. The summed E-state index contributed by atoms with van der Waals surface area (Å²) in [6, 6.07) is 60.9. The SMILES string of the molecule is O=S(=O)(c1ccc(/C=C/c2ccc(P(c3ccccc3)c3ccccc3)cc2)cc1)c1ccc(-n2c3ccccc3c3ccccc32)cc1. The minimum Gasteiger partial charge on any atom is -0.309 e. The van der Waals surface area contributed by atoms with E-state index in [1.807, 2.05) is 54.6 Å². The topological polar surface area (TPSA) is 39.1 Å². The highest BCUT2D eigenvalue weighted by atomic mass is 32.2. The third-order valence-electron chi connectivity index (χ3n) is 8.82. The zero-order valence-electron chi connectivity index (χ0n) is 26.6. The number of nitrogens with zero attached hydrogens (tertiary/aromatic N) is 1. The summed E-state index contributed by atoms with van der Waals surface area (Å²) < 4.78 is 29.4. The number of para-hydroxylation sites is 2. The molecule has 0 radical (unpaired) electrons. The first kappa shape index (κ1) is 30.8. The highest BCUT2D eigenvalue weighted by molar-refractivity contribution is 7.91. The first-order chi connectivity index (χ1) is 24.1. The summed E-state index contributed by atoms with van der Waals surface area (Å²) in [6.07, 6.45) is 4.08. The quantitative estimate of drug-likeness (QED) is 0.119. The minimum atomic E-state index is -3.68. The molecule has 0 atom stereocenters. The molecule has 1 heterocycles. The normalized spacial score (nSPS) is 11.9. The molecule has 0 aliphatic heterocycles. The average Bonchev–Trinajstić information content (AvgIpc) is 3.50. The average molecular weight is 670 g/mol. The van der Waals surface area contributed by atoms with Gasteiger partial charge in [-0.15, -0.1) is 0 Å². The van der Waals surface area contributed by atoms with E-state index < -0.39 is 17.8 Å². The molecule has 0 fully saturated rings. The lowest BCUT2D eigenvalue weighted by Gasteiger charge is -2.19. The van der Waals surface area contributed by atoms with E-state index in [4.69, 9.17) is 0 Å². The largest absolute Gasteiger partial charge is 0.309 e.